The molecule has 98 valence electrons. The molecule has 2 aromatic heterocycles. The average molecular weight is 276 g/mol. The van der Waals surface area contributed by atoms with Crippen LogP contribution in [-0.4, -0.2) is 14.5 Å². The Morgan fingerprint density at radius 1 is 1.42 bits per heavy atom. The Morgan fingerprint density at radius 2 is 2.26 bits per heavy atom. The topological polar surface area (TPSA) is 47.8 Å². The van der Waals surface area contributed by atoms with Gasteiger partial charge in [-0.2, -0.15) is 4.98 Å². The van der Waals surface area contributed by atoms with E-state index in [-0.39, 0.29) is 10.8 Å². The van der Waals surface area contributed by atoms with Crippen LogP contribution in [-0.2, 0) is 0 Å². The molecule has 2 aliphatic rings. The van der Waals surface area contributed by atoms with Gasteiger partial charge in [0.25, 0.3) is 5.56 Å². The Bertz CT molecular complexity index is 739. The van der Waals surface area contributed by atoms with Gasteiger partial charge in [0, 0.05) is 23.7 Å². The van der Waals surface area contributed by atoms with Crippen molar-refractivity contribution in [3.63, 3.8) is 0 Å². The second kappa shape index (κ2) is 3.79. The minimum atomic E-state index is 0.0392. The molecule has 0 bridgehead atoms. The molecule has 5 heteroatoms. The summed E-state index contributed by atoms with van der Waals surface area (Å²) in [6, 6.07) is 1.99. The van der Waals surface area contributed by atoms with Crippen LogP contribution in [0.4, 0.5) is 0 Å². The molecule has 0 saturated heterocycles. The molecule has 0 aliphatic heterocycles. The second-order valence-corrected chi connectivity index (χ2v) is 6.05. The number of aryl methyl sites for hydroxylation is 1. The lowest BCUT2D eigenvalue weighted by Gasteiger charge is -2.18. The van der Waals surface area contributed by atoms with Crippen LogP contribution in [0.15, 0.2) is 17.1 Å². The maximum atomic E-state index is 12.4. The molecule has 2 fully saturated rings. The minimum Gasteiger partial charge on any atom is -0.289 e. The third-order valence-electron chi connectivity index (χ3n) is 4.61. The smallest absolute Gasteiger partial charge is 0.252 e. The van der Waals surface area contributed by atoms with Crippen molar-refractivity contribution in [1.82, 2.24) is 14.5 Å². The number of rotatable bonds is 1. The Kier molecular flexibility index (Phi) is 2.28. The molecule has 3 unspecified atom stereocenters. The summed E-state index contributed by atoms with van der Waals surface area (Å²) in [6.45, 7) is 1.92. The van der Waals surface area contributed by atoms with Gasteiger partial charge >= 0.3 is 0 Å². The van der Waals surface area contributed by atoms with Gasteiger partial charge in [-0.25, -0.2) is 4.98 Å². The van der Waals surface area contributed by atoms with Crippen LogP contribution in [0.3, 0.4) is 0 Å². The number of halogens is 1. The summed E-state index contributed by atoms with van der Waals surface area (Å²) in [5.41, 5.74) is 1.65. The van der Waals surface area contributed by atoms with E-state index in [9.17, 15) is 4.79 Å². The summed E-state index contributed by atoms with van der Waals surface area (Å²) in [5, 5.41) is 1.13. The van der Waals surface area contributed by atoms with Crippen molar-refractivity contribution in [3.05, 3.63) is 33.5 Å². The van der Waals surface area contributed by atoms with Crippen LogP contribution >= 0.6 is 11.6 Å². The fourth-order valence-corrected chi connectivity index (χ4v) is 3.69. The van der Waals surface area contributed by atoms with Crippen molar-refractivity contribution in [3.8, 4) is 0 Å². The van der Waals surface area contributed by atoms with Crippen LogP contribution in [0.1, 0.15) is 30.9 Å². The Balaban J connectivity index is 2.02. The largest absolute Gasteiger partial charge is 0.289 e. The number of pyridine rings is 1. The predicted molar refractivity (Wildman–Crippen MR) is 73.4 cm³/mol. The van der Waals surface area contributed by atoms with Crippen molar-refractivity contribution in [1.29, 1.82) is 0 Å². The first-order valence-electron chi connectivity index (χ1n) is 6.69. The van der Waals surface area contributed by atoms with E-state index in [2.05, 4.69) is 9.97 Å². The van der Waals surface area contributed by atoms with Gasteiger partial charge in [-0.3, -0.25) is 9.36 Å². The Morgan fingerprint density at radius 3 is 2.95 bits per heavy atom. The standard InChI is InChI=1S/C14H14ClN3O/c1-7-4-12(19)18(11-3-2-8-5-9(8)11)13-10(7)6-16-14(15)17-13/h4,6,8-9,11H,2-3,5H2,1H3. The van der Waals surface area contributed by atoms with E-state index in [1.54, 1.807) is 12.3 Å². The van der Waals surface area contributed by atoms with Crippen LogP contribution in [0.25, 0.3) is 11.0 Å². The molecule has 4 rings (SSSR count). The van der Waals surface area contributed by atoms with Gasteiger partial charge in [0.05, 0.1) is 0 Å². The van der Waals surface area contributed by atoms with Crippen molar-refractivity contribution >= 4 is 22.6 Å². The lowest BCUT2D eigenvalue weighted by atomic mass is 10.1. The molecule has 4 nitrogen and oxygen atoms in total. The fourth-order valence-electron chi connectivity index (χ4n) is 3.56. The highest BCUT2D eigenvalue weighted by atomic mass is 35.5. The zero-order valence-corrected chi connectivity index (χ0v) is 11.4. The molecule has 0 N–H and O–H groups in total. The van der Waals surface area contributed by atoms with Gasteiger partial charge in [0.15, 0.2) is 0 Å². The molecular weight excluding hydrogens is 262 g/mol. The summed E-state index contributed by atoms with van der Waals surface area (Å²) in [4.78, 5) is 20.7. The van der Waals surface area contributed by atoms with Gasteiger partial charge in [-0.1, -0.05) is 0 Å². The number of hydrogen-bond acceptors (Lipinski definition) is 3. The summed E-state index contributed by atoms with van der Waals surface area (Å²) in [7, 11) is 0. The van der Waals surface area contributed by atoms with Crippen LogP contribution in [0, 0.1) is 18.8 Å². The normalized spacial score (nSPS) is 28.6. The van der Waals surface area contributed by atoms with Crippen molar-refractivity contribution < 1.29 is 0 Å². The highest BCUT2D eigenvalue weighted by molar-refractivity contribution is 6.28. The van der Waals surface area contributed by atoms with E-state index in [0.29, 0.717) is 17.6 Å². The first kappa shape index (κ1) is 11.4. The molecule has 0 aromatic carbocycles. The van der Waals surface area contributed by atoms with Gasteiger partial charge < -0.3 is 0 Å². The molecule has 2 aliphatic carbocycles. The van der Waals surface area contributed by atoms with E-state index in [0.717, 1.165) is 23.3 Å². The van der Waals surface area contributed by atoms with Crippen molar-refractivity contribution in [2.75, 3.05) is 0 Å². The van der Waals surface area contributed by atoms with Gasteiger partial charge in [-0.15, -0.1) is 0 Å². The van der Waals surface area contributed by atoms with Crippen molar-refractivity contribution in [2.24, 2.45) is 11.8 Å². The van der Waals surface area contributed by atoms with E-state index in [1.807, 2.05) is 11.5 Å². The van der Waals surface area contributed by atoms with E-state index >= 15 is 0 Å². The van der Waals surface area contributed by atoms with Gasteiger partial charge in [-0.05, 0) is 55.2 Å². The molecule has 0 amide bonds. The minimum absolute atomic E-state index is 0.0392. The van der Waals surface area contributed by atoms with E-state index in [4.69, 9.17) is 11.6 Å². The number of hydrogen-bond donors (Lipinski definition) is 0. The third-order valence-corrected chi connectivity index (χ3v) is 4.79. The quantitative estimate of drug-likeness (QED) is 0.752. The predicted octanol–water partition coefficient (Wildman–Crippen LogP) is 2.72. The summed E-state index contributed by atoms with van der Waals surface area (Å²) >= 11 is 5.91. The van der Waals surface area contributed by atoms with Crippen LogP contribution in [0.5, 0.6) is 0 Å². The lowest BCUT2D eigenvalue weighted by molar-refractivity contribution is 0.458. The Labute approximate surface area is 115 Å². The fraction of sp³-hybridized carbons (Fsp3) is 0.500. The summed E-state index contributed by atoms with van der Waals surface area (Å²) in [5.74, 6) is 1.49. The monoisotopic (exact) mass is 275 g/mol. The molecule has 2 heterocycles. The molecule has 19 heavy (non-hydrogen) atoms. The molecular formula is C14H14ClN3O. The summed E-state index contributed by atoms with van der Waals surface area (Å²) < 4.78 is 1.85. The first-order valence-corrected chi connectivity index (χ1v) is 7.07. The molecule has 2 saturated carbocycles. The summed E-state index contributed by atoms with van der Waals surface area (Å²) in [6.07, 6.45) is 5.28. The van der Waals surface area contributed by atoms with Crippen LogP contribution in [0.2, 0.25) is 5.28 Å². The first-order chi connectivity index (χ1) is 9.15. The maximum absolute atomic E-state index is 12.4. The third kappa shape index (κ3) is 1.62. The molecule has 0 spiro atoms. The van der Waals surface area contributed by atoms with Gasteiger partial charge in [0.2, 0.25) is 5.28 Å². The SMILES string of the molecule is Cc1cc(=O)n(C2CCC3CC32)c2nc(Cl)ncc12. The highest BCUT2D eigenvalue weighted by Gasteiger charge is 2.49. The van der Waals surface area contributed by atoms with Crippen molar-refractivity contribution in [2.45, 2.75) is 32.2 Å². The Hall–Kier alpha value is -1.42. The average Bonchev–Trinajstić information content (AvgIpc) is 3.03. The number of aromatic nitrogens is 3. The number of fused-ring (bicyclic) bond motifs is 2. The molecule has 0 radical (unpaired) electrons. The zero-order valence-electron chi connectivity index (χ0n) is 10.6. The lowest BCUT2D eigenvalue weighted by Crippen LogP contribution is -2.26. The van der Waals surface area contributed by atoms with E-state index in [1.165, 1.54) is 12.8 Å². The van der Waals surface area contributed by atoms with Crippen LogP contribution < -0.4 is 5.56 Å². The molecule has 2 aromatic rings. The highest BCUT2D eigenvalue weighted by Crippen LogP contribution is 2.57. The van der Waals surface area contributed by atoms with E-state index < -0.39 is 0 Å². The second-order valence-electron chi connectivity index (χ2n) is 5.72. The molecule has 3 atom stereocenters. The van der Waals surface area contributed by atoms with Gasteiger partial charge in [0.1, 0.15) is 5.65 Å². The maximum Gasteiger partial charge on any atom is 0.252 e. The number of nitrogens with zero attached hydrogens (tertiary/aromatic N) is 3. The zero-order chi connectivity index (χ0) is 13.1.